The fourth-order valence-corrected chi connectivity index (χ4v) is 5.25. The first-order valence-electron chi connectivity index (χ1n) is 8.40. The van der Waals surface area contributed by atoms with E-state index < -0.39 is 15.8 Å². The van der Waals surface area contributed by atoms with Crippen LogP contribution in [-0.4, -0.2) is 37.5 Å². The number of hydrogen-bond donors (Lipinski definition) is 1. The van der Waals surface area contributed by atoms with Crippen molar-refractivity contribution >= 4 is 21.6 Å². The van der Waals surface area contributed by atoms with Crippen LogP contribution in [0.2, 0.25) is 0 Å². The van der Waals surface area contributed by atoms with Gasteiger partial charge in [0.15, 0.2) is 0 Å². The number of rotatable bonds is 6. The summed E-state index contributed by atoms with van der Waals surface area (Å²) in [5.41, 5.74) is 0.212. The zero-order chi connectivity index (χ0) is 17.4. The maximum Gasteiger partial charge on any atom is 0.228 e. The third-order valence-corrected chi connectivity index (χ3v) is 7.00. The molecule has 1 saturated heterocycles. The van der Waals surface area contributed by atoms with E-state index in [2.05, 4.69) is 5.32 Å². The zero-order valence-electron chi connectivity index (χ0n) is 13.8. The molecule has 0 radical (unpaired) electrons. The fraction of sp³-hybridized carbons (Fsp3) is 0.588. The Morgan fingerprint density at radius 3 is 2.96 bits per heavy atom. The van der Waals surface area contributed by atoms with Gasteiger partial charge in [0.2, 0.25) is 15.9 Å². The average molecular weight is 354 g/mol. The van der Waals surface area contributed by atoms with Crippen LogP contribution in [0.3, 0.4) is 0 Å². The van der Waals surface area contributed by atoms with E-state index in [1.807, 2.05) is 6.92 Å². The summed E-state index contributed by atoms with van der Waals surface area (Å²) >= 11 is 0. The maximum atomic E-state index is 13.2. The molecule has 1 amide bonds. The molecule has 1 heterocycles. The summed E-state index contributed by atoms with van der Waals surface area (Å²) in [5, 5.41) is 2.74. The lowest BCUT2D eigenvalue weighted by Crippen LogP contribution is -2.32. The molecule has 1 aromatic carbocycles. The van der Waals surface area contributed by atoms with Gasteiger partial charge in [0.05, 0.1) is 5.75 Å². The summed E-state index contributed by atoms with van der Waals surface area (Å²) in [6, 6.07) is 5.80. The molecule has 1 aliphatic heterocycles. The molecule has 0 unspecified atom stereocenters. The van der Waals surface area contributed by atoms with E-state index >= 15 is 0 Å². The Labute approximate surface area is 142 Å². The number of nitrogens with one attached hydrogen (secondary N) is 1. The Kier molecular flexibility index (Phi) is 4.66. The smallest absolute Gasteiger partial charge is 0.228 e. The summed E-state index contributed by atoms with van der Waals surface area (Å²) in [4.78, 5) is 12.4. The highest BCUT2D eigenvalue weighted by molar-refractivity contribution is 7.89. The molecule has 0 aromatic heterocycles. The number of benzene rings is 1. The lowest BCUT2D eigenvalue weighted by atomic mass is 10.0. The van der Waals surface area contributed by atoms with Crippen LogP contribution in [0.15, 0.2) is 24.3 Å². The average Bonchev–Trinajstić information content (AvgIpc) is 3.05. The van der Waals surface area contributed by atoms with Crippen molar-refractivity contribution in [1.82, 2.24) is 4.31 Å². The fourth-order valence-electron chi connectivity index (χ4n) is 3.52. The maximum absolute atomic E-state index is 13.2. The van der Waals surface area contributed by atoms with Gasteiger partial charge in [-0.15, -0.1) is 0 Å². The number of hydrogen-bond acceptors (Lipinski definition) is 3. The van der Waals surface area contributed by atoms with Gasteiger partial charge in [-0.25, -0.2) is 17.1 Å². The highest BCUT2D eigenvalue weighted by atomic mass is 32.2. The van der Waals surface area contributed by atoms with Crippen LogP contribution in [0.4, 0.5) is 10.1 Å². The zero-order valence-corrected chi connectivity index (χ0v) is 14.6. The lowest BCUT2D eigenvalue weighted by molar-refractivity contribution is -0.118. The van der Waals surface area contributed by atoms with E-state index in [0.717, 1.165) is 12.8 Å². The highest BCUT2D eigenvalue weighted by Gasteiger charge is 2.62. The van der Waals surface area contributed by atoms with Gasteiger partial charge in [-0.3, -0.25) is 4.79 Å². The van der Waals surface area contributed by atoms with Crippen molar-refractivity contribution < 1.29 is 17.6 Å². The molecule has 5 nitrogen and oxygen atoms in total. The topological polar surface area (TPSA) is 66.5 Å². The first-order chi connectivity index (χ1) is 11.4. The number of sulfonamides is 1. The number of carbonyl (C=O) groups is 1. The van der Waals surface area contributed by atoms with Crippen LogP contribution in [0, 0.1) is 17.2 Å². The molecular weight excluding hydrogens is 331 g/mol. The summed E-state index contributed by atoms with van der Waals surface area (Å²) in [6.07, 6.45) is 2.93. The molecule has 2 aliphatic rings. The first-order valence-corrected chi connectivity index (χ1v) is 10.0. The highest BCUT2D eigenvalue weighted by Crippen LogP contribution is 2.59. The SMILES string of the molecule is CCCCS(=O)(=O)N1CC[C@]2(C[C@@H]2C(=O)Nc2cccc(F)c2)C1. The summed E-state index contributed by atoms with van der Waals surface area (Å²) in [7, 11) is -3.21. The Morgan fingerprint density at radius 2 is 2.25 bits per heavy atom. The van der Waals surface area contributed by atoms with E-state index in [-0.39, 0.29) is 23.0 Å². The van der Waals surface area contributed by atoms with Gasteiger partial charge in [-0.2, -0.15) is 0 Å². The quantitative estimate of drug-likeness (QED) is 0.854. The second-order valence-electron chi connectivity index (χ2n) is 6.87. The van der Waals surface area contributed by atoms with E-state index in [0.29, 0.717) is 31.6 Å². The van der Waals surface area contributed by atoms with Crippen LogP contribution in [-0.2, 0) is 14.8 Å². The van der Waals surface area contributed by atoms with Crippen LogP contribution >= 0.6 is 0 Å². The van der Waals surface area contributed by atoms with Crippen molar-refractivity contribution in [2.24, 2.45) is 11.3 Å². The summed E-state index contributed by atoms with van der Waals surface area (Å²) in [5.74, 6) is -0.548. The first kappa shape index (κ1) is 17.4. The van der Waals surface area contributed by atoms with Gasteiger partial charge in [-0.05, 0) is 42.9 Å². The number of nitrogens with zero attached hydrogens (tertiary/aromatic N) is 1. The Hall–Kier alpha value is -1.47. The molecular formula is C17H23FN2O3S. The lowest BCUT2D eigenvalue weighted by Gasteiger charge is -2.16. The van der Waals surface area contributed by atoms with Crippen molar-refractivity contribution in [3.8, 4) is 0 Å². The number of carbonyl (C=O) groups excluding carboxylic acids is 1. The molecule has 1 aliphatic carbocycles. The number of unbranched alkanes of at least 4 members (excludes halogenated alkanes) is 1. The molecule has 1 aromatic rings. The van der Waals surface area contributed by atoms with Gasteiger partial charge < -0.3 is 5.32 Å². The third-order valence-electron chi connectivity index (χ3n) is 5.10. The van der Waals surface area contributed by atoms with Gasteiger partial charge >= 0.3 is 0 Å². The monoisotopic (exact) mass is 354 g/mol. The van der Waals surface area contributed by atoms with Crippen molar-refractivity contribution in [3.05, 3.63) is 30.1 Å². The van der Waals surface area contributed by atoms with Crippen LogP contribution in [0.1, 0.15) is 32.6 Å². The Balaban J connectivity index is 1.59. The molecule has 0 bridgehead atoms. The molecule has 7 heteroatoms. The Bertz CT molecular complexity index is 737. The van der Waals surface area contributed by atoms with Crippen molar-refractivity contribution in [1.29, 1.82) is 0 Å². The van der Waals surface area contributed by atoms with E-state index in [4.69, 9.17) is 0 Å². The van der Waals surface area contributed by atoms with Crippen LogP contribution in [0.25, 0.3) is 0 Å². The van der Waals surface area contributed by atoms with Gasteiger partial charge in [0.25, 0.3) is 0 Å². The molecule has 2 fully saturated rings. The third kappa shape index (κ3) is 3.47. The summed E-state index contributed by atoms with van der Waals surface area (Å²) in [6.45, 7) is 2.89. The number of amides is 1. The van der Waals surface area contributed by atoms with Gasteiger partial charge in [0, 0.05) is 24.7 Å². The second kappa shape index (κ2) is 6.44. The van der Waals surface area contributed by atoms with Crippen molar-refractivity contribution in [3.63, 3.8) is 0 Å². The summed E-state index contributed by atoms with van der Waals surface area (Å²) < 4.78 is 39.3. The molecule has 1 saturated carbocycles. The second-order valence-corrected chi connectivity index (χ2v) is 8.96. The normalized spacial score (nSPS) is 26.7. The van der Waals surface area contributed by atoms with Gasteiger partial charge in [-0.1, -0.05) is 19.4 Å². The molecule has 132 valence electrons. The largest absolute Gasteiger partial charge is 0.326 e. The minimum atomic E-state index is -3.21. The predicted octanol–water partition coefficient (Wildman–Crippen LogP) is 2.61. The molecule has 1 N–H and O–H groups in total. The number of halogens is 1. The predicted molar refractivity (Wildman–Crippen MR) is 90.5 cm³/mol. The molecule has 3 rings (SSSR count). The molecule has 2 atom stereocenters. The minimum Gasteiger partial charge on any atom is -0.326 e. The van der Waals surface area contributed by atoms with E-state index in [1.54, 1.807) is 12.1 Å². The van der Waals surface area contributed by atoms with Crippen molar-refractivity contribution in [2.45, 2.75) is 32.6 Å². The van der Waals surface area contributed by atoms with Crippen LogP contribution in [0.5, 0.6) is 0 Å². The van der Waals surface area contributed by atoms with Crippen LogP contribution < -0.4 is 5.32 Å². The van der Waals surface area contributed by atoms with E-state index in [9.17, 15) is 17.6 Å². The van der Waals surface area contributed by atoms with E-state index in [1.165, 1.54) is 16.4 Å². The minimum absolute atomic E-state index is 0.145. The number of anilines is 1. The Morgan fingerprint density at radius 1 is 1.46 bits per heavy atom. The molecule has 24 heavy (non-hydrogen) atoms. The van der Waals surface area contributed by atoms with Crippen molar-refractivity contribution in [2.75, 3.05) is 24.2 Å². The standard InChI is InChI=1S/C17H23FN2O3S/c1-2-3-9-24(22,23)20-8-7-17(12-20)11-15(17)16(21)19-14-6-4-5-13(18)10-14/h4-6,10,15H,2-3,7-9,11-12H2,1H3,(H,19,21)/t15-,17+/m1/s1. The van der Waals surface area contributed by atoms with Gasteiger partial charge in [0.1, 0.15) is 5.82 Å². The molecule has 1 spiro atoms.